The van der Waals surface area contributed by atoms with Gasteiger partial charge < -0.3 is 5.11 Å². The topological polar surface area (TPSA) is 58.6 Å². The van der Waals surface area contributed by atoms with Crippen molar-refractivity contribution in [3.8, 4) is 0 Å². The van der Waals surface area contributed by atoms with Crippen LogP contribution in [0, 0.1) is 0 Å². The van der Waals surface area contributed by atoms with E-state index < -0.39 is 5.60 Å². The van der Waals surface area contributed by atoms with Gasteiger partial charge in [0.05, 0.1) is 6.61 Å². The number of hydroxylamine groups is 1. The molecule has 0 saturated carbocycles. The van der Waals surface area contributed by atoms with Crippen LogP contribution in [0.4, 0.5) is 0 Å². The molecule has 0 heterocycles. The number of hydrogen-bond acceptors (Lipinski definition) is 3. The smallest absolute Gasteiger partial charge is 0.230 e. The van der Waals surface area contributed by atoms with Crippen molar-refractivity contribution < 1.29 is 14.7 Å². The highest BCUT2D eigenvalue weighted by atomic mass is 16.7. The third-order valence-corrected chi connectivity index (χ3v) is 0.764. The second-order valence-electron chi connectivity index (χ2n) is 2.26. The van der Waals surface area contributed by atoms with Crippen molar-refractivity contribution >= 4 is 6.41 Å². The van der Waals surface area contributed by atoms with Gasteiger partial charge in [0.2, 0.25) is 6.41 Å². The molecule has 1 amide bonds. The van der Waals surface area contributed by atoms with Crippen molar-refractivity contribution in [3.05, 3.63) is 0 Å². The van der Waals surface area contributed by atoms with Crippen LogP contribution in [-0.4, -0.2) is 23.7 Å². The van der Waals surface area contributed by atoms with Crippen LogP contribution in [0.5, 0.6) is 0 Å². The first kappa shape index (κ1) is 8.39. The Labute approximate surface area is 53.8 Å². The molecule has 0 fully saturated rings. The Morgan fingerprint density at radius 3 is 2.67 bits per heavy atom. The quantitative estimate of drug-likeness (QED) is 0.399. The summed E-state index contributed by atoms with van der Waals surface area (Å²) in [7, 11) is 0. The number of carbonyl (C=O) groups is 1. The second kappa shape index (κ2) is 3.42. The molecule has 0 unspecified atom stereocenters. The summed E-state index contributed by atoms with van der Waals surface area (Å²) in [6, 6.07) is 0. The Kier molecular flexibility index (Phi) is 3.19. The maximum absolute atomic E-state index is 9.65. The lowest BCUT2D eigenvalue weighted by Gasteiger charge is -2.19. The van der Waals surface area contributed by atoms with Crippen molar-refractivity contribution in [1.29, 1.82) is 0 Å². The minimum Gasteiger partial charge on any atom is -0.393 e. The van der Waals surface area contributed by atoms with E-state index in [9.17, 15) is 4.79 Å². The molecule has 0 saturated heterocycles. The summed E-state index contributed by atoms with van der Waals surface area (Å²) in [5, 5.41) is 8.54. The number of aliphatic hydroxyl groups excluding tert-OH is 1. The number of carbonyl (C=O) groups excluding carboxylic acids is 1. The van der Waals surface area contributed by atoms with E-state index in [-0.39, 0.29) is 6.61 Å². The van der Waals surface area contributed by atoms with Crippen molar-refractivity contribution in [2.24, 2.45) is 0 Å². The Bertz CT molecular complexity index is 92.2. The lowest BCUT2D eigenvalue weighted by Crippen LogP contribution is -2.34. The van der Waals surface area contributed by atoms with Gasteiger partial charge in [-0.2, -0.15) is 0 Å². The summed E-state index contributed by atoms with van der Waals surface area (Å²) in [6.45, 7) is 3.18. The molecule has 0 spiro atoms. The Morgan fingerprint density at radius 1 is 1.78 bits per heavy atom. The lowest BCUT2D eigenvalue weighted by molar-refractivity contribution is -0.141. The van der Waals surface area contributed by atoms with Crippen LogP contribution in [-0.2, 0) is 9.63 Å². The van der Waals surface area contributed by atoms with Gasteiger partial charge in [-0.1, -0.05) is 0 Å². The predicted octanol–water partition coefficient (Wildman–Crippen LogP) is -0.565. The number of amides is 1. The van der Waals surface area contributed by atoms with E-state index in [1.165, 1.54) is 0 Å². The Balaban J connectivity index is 3.44. The summed E-state index contributed by atoms with van der Waals surface area (Å²) in [5.74, 6) is 0. The van der Waals surface area contributed by atoms with Crippen molar-refractivity contribution in [3.63, 3.8) is 0 Å². The minimum absolute atomic E-state index is 0.131. The molecule has 0 aliphatic carbocycles. The average molecular weight is 133 g/mol. The molecule has 0 radical (unpaired) electrons. The molecular formula is C5H11NO3. The van der Waals surface area contributed by atoms with E-state index in [2.05, 4.69) is 4.84 Å². The number of nitrogens with one attached hydrogen (secondary N) is 1. The number of aliphatic hydroxyl groups is 1. The zero-order chi connectivity index (χ0) is 7.33. The zero-order valence-electron chi connectivity index (χ0n) is 5.55. The van der Waals surface area contributed by atoms with Gasteiger partial charge in [0.25, 0.3) is 0 Å². The summed E-state index contributed by atoms with van der Waals surface area (Å²) >= 11 is 0. The summed E-state index contributed by atoms with van der Waals surface area (Å²) in [5.41, 5.74) is 1.31. The largest absolute Gasteiger partial charge is 0.393 e. The van der Waals surface area contributed by atoms with Crippen LogP contribution in [0.15, 0.2) is 0 Å². The van der Waals surface area contributed by atoms with Gasteiger partial charge in [0, 0.05) is 0 Å². The molecule has 0 aromatic heterocycles. The van der Waals surface area contributed by atoms with E-state index in [1.807, 2.05) is 5.48 Å². The van der Waals surface area contributed by atoms with E-state index in [0.29, 0.717) is 6.41 Å². The summed E-state index contributed by atoms with van der Waals surface area (Å²) < 4.78 is 0. The number of rotatable bonds is 4. The van der Waals surface area contributed by atoms with Crippen molar-refractivity contribution in [2.75, 3.05) is 6.61 Å². The molecule has 54 valence electrons. The molecule has 4 heteroatoms. The van der Waals surface area contributed by atoms with Crippen LogP contribution >= 0.6 is 0 Å². The fourth-order valence-corrected chi connectivity index (χ4v) is 0.216. The molecule has 0 bridgehead atoms. The molecule has 4 nitrogen and oxygen atoms in total. The molecule has 0 aromatic carbocycles. The molecule has 9 heavy (non-hydrogen) atoms. The van der Waals surface area contributed by atoms with Crippen LogP contribution in [0.25, 0.3) is 0 Å². The monoisotopic (exact) mass is 133 g/mol. The molecule has 0 atom stereocenters. The van der Waals surface area contributed by atoms with Gasteiger partial charge in [-0.3, -0.25) is 9.63 Å². The second-order valence-corrected chi connectivity index (χ2v) is 2.26. The Hall–Kier alpha value is -0.610. The van der Waals surface area contributed by atoms with Gasteiger partial charge in [0.1, 0.15) is 5.60 Å². The van der Waals surface area contributed by atoms with Crippen LogP contribution in [0.1, 0.15) is 13.8 Å². The molecule has 0 aliphatic heterocycles. The van der Waals surface area contributed by atoms with Gasteiger partial charge in [0.15, 0.2) is 0 Å². The van der Waals surface area contributed by atoms with Crippen LogP contribution < -0.4 is 5.48 Å². The van der Waals surface area contributed by atoms with Gasteiger partial charge in [-0.05, 0) is 13.8 Å². The summed E-state index contributed by atoms with van der Waals surface area (Å²) in [4.78, 5) is 14.3. The van der Waals surface area contributed by atoms with Crippen LogP contribution in [0.2, 0.25) is 0 Å². The van der Waals surface area contributed by atoms with E-state index in [0.717, 1.165) is 0 Å². The number of hydrogen-bond donors (Lipinski definition) is 2. The Morgan fingerprint density at radius 2 is 2.33 bits per heavy atom. The zero-order valence-corrected chi connectivity index (χ0v) is 5.55. The van der Waals surface area contributed by atoms with Gasteiger partial charge in [-0.25, -0.2) is 5.48 Å². The third-order valence-electron chi connectivity index (χ3n) is 0.764. The fraction of sp³-hybridized carbons (Fsp3) is 0.800. The normalized spacial score (nSPS) is 11.0. The molecular weight excluding hydrogens is 122 g/mol. The van der Waals surface area contributed by atoms with Gasteiger partial charge >= 0.3 is 0 Å². The maximum Gasteiger partial charge on any atom is 0.230 e. The fourth-order valence-electron chi connectivity index (χ4n) is 0.216. The lowest BCUT2D eigenvalue weighted by atomic mass is 10.2. The highest BCUT2D eigenvalue weighted by Gasteiger charge is 2.16. The first-order chi connectivity index (χ1) is 4.12. The minimum atomic E-state index is -0.694. The van der Waals surface area contributed by atoms with E-state index >= 15 is 0 Å². The average Bonchev–Trinajstić information content (AvgIpc) is 1.84. The SMILES string of the molecule is CC(C)(CO)ONC=O. The van der Waals surface area contributed by atoms with Crippen molar-refractivity contribution in [1.82, 2.24) is 5.48 Å². The maximum atomic E-state index is 9.65. The highest BCUT2D eigenvalue weighted by Crippen LogP contribution is 2.03. The first-order valence-electron chi connectivity index (χ1n) is 2.60. The molecule has 0 rings (SSSR count). The molecule has 2 N–H and O–H groups in total. The van der Waals surface area contributed by atoms with E-state index in [4.69, 9.17) is 5.11 Å². The van der Waals surface area contributed by atoms with Gasteiger partial charge in [-0.15, -0.1) is 0 Å². The first-order valence-corrected chi connectivity index (χ1v) is 2.60. The van der Waals surface area contributed by atoms with Crippen LogP contribution in [0.3, 0.4) is 0 Å². The molecule has 0 aromatic rings. The predicted molar refractivity (Wildman–Crippen MR) is 31.4 cm³/mol. The molecule has 0 aliphatic rings. The standard InChI is InChI=1S/C5H11NO3/c1-5(2,3-7)9-6-4-8/h4,7H,3H2,1-2H3,(H,6,8). The van der Waals surface area contributed by atoms with Crippen molar-refractivity contribution in [2.45, 2.75) is 19.4 Å². The third kappa shape index (κ3) is 3.93. The van der Waals surface area contributed by atoms with E-state index in [1.54, 1.807) is 13.8 Å². The summed E-state index contributed by atoms with van der Waals surface area (Å²) in [6.07, 6.45) is 0.414. The highest BCUT2D eigenvalue weighted by molar-refractivity contribution is 5.43.